The first kappa shape index (κ1) is 11.2. The van der Waals surface area contributed by atoms with Crippen LogP contribution in [0.4, 0.5) is 0 Å². The van der Waals surface area contributed by atoms with Crippen molar-refractivity contribution >= 4 is 11.7 Å². The van der Waals surface area contributed by atoms with E-state index in [1.807, 2.05) is 6.92 Å². The number of nitrogens with zero attached hydrogens (tertiary/aromatic N) is 1. The fraction of sp³-hybridized carbons (Fsp3) is 0.818. The molecule has 0 spiro atoms. The summed E-state index contributed by atoms with van der Waals surface area (Å²) in [5, 5.41) is 0. The van der Waals surface area contributed by atoms with Crippen LogP contribution in [0.15, 0.2) is 0 Å². The minimum atomic E-state index is -0.382. The van der Waals surface area contributed by atoms with Crippen LogP contribution >= 0.6 is 0 Å². The van der Waals surface area contributed by atoms with Crippen LogP contribution in [-0.2, 0) is 9.59 Å². The van der Waals surface area contributed by atoms with Gasteiger partial charge in [0.2, 0.25) is 5.91 Å². The number of rotatable bonds is 1. The van der Waals surface area contributed by atoms with Crippen LogP contribution < -0.4 is 0 Å². The van der Waals surface area contributed by atoms with Crippen molar-refractivity contribution in [2.75, 3.05) is 14.1 Å². The quantitative estimate of drug-likeness (QED) is 0.471. The second-order valence-corrected chi connectivity index (χ2v) is 4.40. The van der Waals surface area contributed by atoms with Gasteiger partial charge in [-0.1, -0.05) is 13.3 Å². The summed E-state index contributed by atoms with van der Waals surface area (Å²) >= 11 is 0. The molecule has 0 aromatic carbocycles. The van der Waals surface area contributed by atoms with Gasteiger partial charge in [-0.15, -0.1) is 0 Å². The fourth-order valence-corrected chi connectivity index (χ4v) is 2.06. The molecule has 2 atom stereocenters. The largest absolute Gasteiger partial charge is 0.348 e. The van der Waals surface area contributed by atoms with Gasteiger partial charge in [0, 0.05) is 20.5 Å². The zero-order valence-electron chi connectivity index (χ0n) is 9.25. The van der Waals surface area contributed by atoms with Gasteiger partial charge in [0.1, 0.15) is 5.78 Å². The predicted molar refractivity (Wildman–Crippen MR) is 54.8 cm³/mol. The lowest BCUT2D eigenvalue weighted by Gasteiger charge is -2.22. The molecule has 1 fully saturated rings. The minimum absolute atomic E-state index is 0.0237. The van der Waals surface area contributed by atoms with Crippen molar-refractivity contribution < 1.29 is 9.59 Å². The van der Waals surface area contributed by atoms with Crippen LogP contribution in [0, 0.1) is 11.8 Å². The lowest BCUT2D eigenvalue weighted by Crippen LogP contribution is -2.37. The topological polar surface area (TPSA) is 37.4 Å². The molecule has 3 nitrogen and oxygen atoms in total. The highest BCUT2D eigenvalue weighted by molar-refractivity contribution is 6.01. The van der Waals surface area contributed by atoms with E-state index in [0.717, 1.165) is 19.3 Å². The van der Waals surface area contributed by atoms with E-state index in [4.69, 9.17) is 0 Å². The Hall–Kier alpha value is -0.860. The monoisotopic (exact) mass is 197 g/mol. The average Bonchev–Trinajstić information content (AvgIpc) is 2.26. The normalized spacial score (nSPS) is 28.4. The van der Waals surface area contributed by atoms with Crippen LogP contribution in [0.25, 0.3) is 0 Å². The third-order valence-corrected chi connectivity index (χ3v) is 2.96. The van der Waals surface area contributed by atoms with Gasteiger partial charge in [0.05, 0.1) is 5.92 Å². The van der Waals surface area contributed by atoms with Gasteiger partial charge in [-0.2, -0.15) is 0 Å². The van der Waals surface area contributed by atoms with Gasteiger partial charge < -0.3 is 4.90 Å². The van der Waals surface area contributed by atoms with Crippen LogP contribution in [0.1, 0.15) is 32.6 Å². The number of hydrogen-bond acceptors (Lipinski definition) is 2. The molecule has 0 heterocycles. The molecule has 80 valence electrons. The van der Waals surface area contributed by atoms with E-state index in [2.05, 4.69) is 0 Å². The van der Waals surface area contributed by atoms with E-state index < -0.39 is 0 Å². The van der Waals surface area contributed by atoms with E-state index in [-0.39, 0.29) is 23.5 Å². The molecule has 14 heavy (non-hydrogen) atoms. The molecule has 1 saturated carbocycles. The van der Waals surface area contributed by atoms with E-state index in [1.165, 1.54) is 4.90 Å². The maximum atomic E-state index is 11.8. The van der Waals surface area contributed by atoms with Crippen molar-refractivity contribution in [3.05, 3.63) is 0 Å². The van der Waals surface area contributed by atoms with Crippen molar-refractivity contribution in [1.82, 2.24) is 4.90 Å². The van der Waals surface area contributed by atoms with Crippen molar-refractivity contribution in [1.29, 1.82) is 0 Å². The molecule has 1 aliphatic carbocycles. The number of Topliss-reactive ketones (excluding diaryl/α,β-unsaturated/α-hetero) is 1. The average molecular weight is 197 g/mol. The van der Waals surface area contributed by atoms with Crippen molar-refractivity contribution in [2.45, 2.75) is 32.6 Å². The zero-order valence-corrected chi connectivity index (χ0v) is 9.25. The van der Waals surface area contributed by atoms with Crippen LogP contribution in [-0.4, -0.2) is 30.7 Å². The Bertz CT molecular complexity index is 235. The number of amides is 1. The number of hydrogen-bond donors (Lipinski definition) is 0. The smallest absolute Gasteiger partial charge is 0.232 e. The van der Waals surface area contributed by atoms with E-state index in [0.29, 0.717) is 6.42 Å². The van der Waals surface area contributed by atoms with Crippen LogP contribution in [0.3, 0.4) is 0 Å². The number of carbonyl (C=O) groups excluding carboxylic acids is 2. The molecule has 3 heteroatoms. The summed E-state index contributed by atoms with van der Waals surface area (Å²) in [5.41, 5.74) is 0. The summed E-state index contributed by atoms with van der Waals surface area (Å²) in [6.45, 7) is 2.01. The van der Waals surface area contributed by atoms with Crippen molar-refractivity contribution in [2.24, 2.45) is 11.8 Å². The lowest BCUT2D eigenvalue weighted by atomic mass is 9.87. The Balaban J connectivity index is 2.79. The Morgan fingerprint density at radius 2 is 2.00 bits per heavy atom. The van der Waals surface area contributed by atoms with Gasteiger partial charge in [-0.25, -0.2) is 0 Å². The molecule has 0 unspecified atom stereocenters. The molecule has 0 radical (unpaired) electrons. The highest BCUT2D eigenvalue weighted by Crippen LogP contribution is 2.26. The molecular formula is C11H19NO2. The van der Waals surface area contributed by atoms with Gasteiger partial charge in [0.15, 0.2) is 0 Å². The van der Waals surface area contributed by atoms with E-state index in [9.17, 15) is 9.59 Å². The Kier molecular flexibility index (Phi) is 3.67. The number of carbonyl (C=O) groups is 2. The minimum Gasteiger partial charge on any atom is -0.348 e. The highest BCUT2D eigenvalue weighted by atomic mass is 16.2. The summed E-state index contributed by atoms with van der Waals surface area (Å²) in [6, 6.07) is 0. The summed E-state index contributed by atoms with van der Waals surface area (Å²) < 4.78 is 0. The van der Waals surface area contributed by atoms with Gasteiger partial charge in [-0.3, -0.25) is 9.59 Å². The molecule has 0 bridgehead atoms. The maximum absolute atomic E-state index is 11.8. The molecule has 0 aromatic rings. The SMILES string of the molecule is C[C@H]1CCCCC(=O)[C@@H]1C(=O)N(C)C. The summed E-state index contributed by atoms with van der Waals surface area (Å²) in [4.78, 5) is 25.0. The maximum Gasteiger partial charge on any atom is 0.232 e. The molecule has 0 aromatic heterocycles. The Morgan fingerprint density at radius 1 is 1.36 bits per heavy atom. The predicted octanol–water partition coefficient (Wildman–Crippen LogP) is 1.47. The molecular weight excluding hydrogens is 178 g/mol. The zero-order chi connectivity index (χ0) is 10.7. The highest BCUT2D eigenvalue weighted by Gasteiger charge is 2.33. The Morgan fingerprint density at radius 3 is 2.57 bits per heavy atom. The van der Waals surface area contributed by atoms with Crippen molar-refractivity contribution in [3.8, 4) is 0 Å². The molecule has 0 N–H and O–H groups in total. The summed E-state index contributed by atoms with van der Waals surface area (Å²) in [6.07, 6.45) is 3.59. The van der Waals surface area contributed by atoms with Gasteiger partial charge in [0.25, 0.3) is 0 Å². The molecule has 1 amide bonds. The molecule has 1 rings (SSSR count). The second-order valence-electron chi connectivity index (χ2n) is 4.40. The lowest BCUT2D eigenvalue weighted by molar-refractivity contribution is -0.141. The van der Waals surface area contributed by atoms with E-state index >= 15 is 0 Å². The van der Waals surface area contributed by atoms with Gasteiger partial charge in [-0.05, 0) is 18.8 Å². The standard InChI is InChI=1S/C11H19NO2/c1-8-6-4-5-7-9(13)10(8)11(14)12(2)3/h8,10H,4-7H2,1-3H3/t8-,10+/m0/s1. The summed E-state index contributed by atoms with van der Waals surface area (Å²) in [5.74, 6) is -0.0644. The molecule has 0 saturated heterocycles. The first-order chi connectivity index (χ1) is 6.54. The third-order valence-electron chi connectivity index (χ3n) is 2.96. The number of ketones is 1. The second kappa shape index (κ2) is 4.58. The van der Waals surface area contributed by atoms with Gasteiger partial charge >= 0.3 is 0 Å². The Labute approximate surface area is 85.5 Å². The molecule has 0 aliphatic heterocycles. The molecule has 1 aliphatic rings. The van der Waals surface area contributed by atoms with Crippen molar-refractivity contribution in [3.63, 3.8) is 0 Å². The first-order valence-electron chi connectivity index (χ1n) is 5.28. The summed E-state index contributed by atoms with van der Waals surface area (Å²) in [7, 11) is 3.43. The first-order valence-corrected chi connectivity index (χ1v) is 5.28. The fourth-order valence-electron chi connectivity index (χ4n) is 2.06. The van der Waals surface area contributed by atoms with Crippen LogP contribution in [0.2, 0.25) is 0 Å². The van der Waals surface area contributed by atoms with Crippen LogP contribution in [0.5, 0.6) is 0 Å². The third kappa shape index (κ3) is 2.34. The van der Waals surface area contributed by atoms with E-state index in [1.54, 1.807) is 14.1 Å².